The van der Waals surface area contributed by atoms with Gasteiger partial charge in [-0.25, -0.2) is 12.8 Å². The summed E-state index contributed by atoms with van der Waals surface area (Å²) in [6, 6.07) is 7.33. The molecule has 112 valence electrons. The van der Waals surface area contributed by atoms with Crippen molar-refractivity contribution in [2.24, 2.45) is 0 Å². The van der Waals surface area contributed by atoms with Crippen LogP contribution in [-0.2, 0) is 10.0 Å². The molecule has 2 aromatic carbocycles. The molecule has 3 N–H and O–H groups in total. The first-order chi connectivity index (χ1) is 9.70. The number of rotatable bonds is 3. The van der Waals surface area contributed by atoms with Crippen molar-refractivity contribution in [2.45, 2.75) is 25.7 Å². The van der Waals surface area contributed by atoms with Crippen LogP contribution in [-0.4, -0.2) is 8.42 Å². The minimum absolute atomic E-state index is 0.0862. The smallest absolute Gasteiger partial charge is 0.262 e. The molecule has 0 atom stereocenters. The molecule has 2 aromatic rings. The predicted molar refractivity (Wildman–Crippen MR) is 82.3 cm³/mol. The summed E-state index contributed by atoms with van der Waals surface area (Å²) in [5, 5.41) is 0. The molecule has 0 aromatic heterocycles. The Bertz CT molecular complexity index is 778. The molecule has 0 radical (unpaired) electrons. The van der Waals surface area contributed by atoms with Crippen LogP contribution in [0.1, 0.15) is 16.7 Å². The molecule has 0 saturated carbocycles. The number of nitrogen functional groups attached to an aromatic ring is 1. The minimum atomic E-state index is -3.79. The van der Waals surface area contributed by atoms with Crippen LogP contribution in [0.2, 0.25) is 0 Å². The van der Waals surface area contributed by atoms with Crippen molar-refractivity contribution < 1.29 is 12.8 Å². The van der Waals surface area contributed by atoms with Crippen LogP contribution in [0.15, 0.2) is 35.2 Å². The Labute approximate surface area is 123 Å². The quantitative estimate of drug-likeness (QED) is 0.856. The second-order valence-corrected chi connectivity index (χ2v) is 6.66. The van der Waals surface area contributed by atoms with E-state index >= 15 is 0 Å². The first kappa shape index (κ1) is 15.3. The largest absolute Gasteiger partial charge is 0.398 e. The molecule has 0 aliphatic heterocycles. The molecule has 0 spiro atoms. The second kappa shape index (κ2) is 5.37. The Morgan fingerprint density at radius 1 is 1.00 bits per heavy atom. The first-order valence-corrected chi connectivity index (χ1v) is 7.85. The molecule has 0 saturated heterocycles. The summed E-state index contributed by atoms with van der Waals surface area (Å²) in [6.45, 7) is 4.96. The minimum Gasteiger partial charge on any atom is -0.398 e. The molecule has 0 bridgehead atoms. The summed E-state index contributed by atoms with van der Waals surface area (Å²) >= 11 is 0. The van der Waals surface area contributed by atoms with Crippen LogP contribution < -0.4 is 10.5 Å². The maximum Gasteiger partial charge on any atom is 0.262 e. The molecule has 0 aliphatic carbocycles. The molecule has 2 rings (SSSR count). The Morgan fingerprint density at radius 3 is 2.10 bits per heavy atom. The third kappa shape index (κ3) is 3.16. The van der Waals surface area contributed by atoms with Crippen LogP contribution in [0.3, 0.4) is 0 Å². The predicted octanol–water partition coefficient (Wildman–Crippen LogP) is 3.13. The Morgan fingerprint density at radius 2 is 1.57 bits per heavy atom. The monoisotopic (exact) mass is 308 g/mol. The average molecular weight is 308 g/mol. The van der Waals surface area contributed by atoms with Gasteiger partial charge in [-0.2, -0.15) is 0 Å². The topological polar surface area (TPSA) is 72.2 Å². The van der Waals surface area contributed by atoms with Crippen molar-refractivity contribution in [3.05, 3.63) is 52.8 Å². The summed E-state index contributed by atoms with van der Waals surface area (Å²) < 4.78 is 40.7. The summed E-state index contributed by atoms with van der Waals surface area (Å²) in [6.07, 6.45) is 0. The second-order valence-electron chi connectivity index (χ2n) is 5.05. The standard InChI is InChI=1S/C15H17FN2O2S/c1-9-4-5-13(8-14(9)17)18-21(19,20)15-10(2)6-12(16)7-11(15)3/h4-8,18H,17H2,1-3H3. The van der Waals surface area contributed by atoms with E-state index in [0.29, 0.717) is 22.5 Å². The van der Waals surface area contributed by atoms with Crippen molar-refractivity contribution in [2.75, 3.05) is 10.5 Å². The summed E-state index contributed by atoms with van der Waals surface area (Å²) in [5.74, 6) is -0.455. The van der Waals surface area contributed by atoms with Gasteiger partial charge in [-0.3, -0.25) is 4.72 Å². The number of hydrogen-bond acceptors (Lipinski definition) is 3. The lowest BCUT2D eigenvalue weighted by Crippen LogP contribution is -2.16. The van der Waals surface area contributed by atoms with E-state index in [-0.39, 0.29) is 4.90 Å². The van der Waals surface area contributed by atoms with E-state index in [1.54, 1.807) is 32.0 Å². The Kier molecular flexibility index (Phi) is 3.91. The number of halogens is 1. The molecule has 0 heterocycles. The van der Waals surface area contributed by atoms with E-state index < -0.39 is 15.8 Å². The Hall–Kier alpha value is -2.08. The SMILES string of the molecule is Cc1ccc(NS(=O)(=O)c2c(C)cc(F)cc2C)cc1N. The van der Waals surface area contributed by atoms with Gasteiger partial charge in [0.15, 0.2) is 0 Å². The van der Waals surface area contributed by atoms with Crippen LogP contribution in [0, 0.1) is 26.6 Å². The molecule has 0 aliphatic rings. The number of hydrogen-bond donors (Lipinski definition) is 2. The number of nitrogens with two attached hydrogens (primary N) is 1. The summed E-state index contributed by atoms with van der Waals surface area (Å²) in [7, 11) is -3.79. The first-order valence-electron chi connectivity index (χ1n) is 6.36. The lowest BCUT2D eigenvalue weighted by atomic mass is 10.1. The maximum atomic E-state index is 13.3. The number of nitrogens with one attached hydrogen (secondary N) is 1. The van der Waals surface area contributed by atoms with Crippen molar-refractivity contribution in [1.29, 1.82) is 0 Å². The van der Waals surface area contributed by atoms with E-state index in [9.17, 15) is 12.8 Å². The van der Waals surface area contributed by atoms with Gasteiger partial charge in [0.05, 0.1) is 10.6 Å². The van der Waals surface area contributed by atoms with Gasteiger partial charge in [0.1, 0.15) is 5.82 Å². The normalized spacial score (nSPS) is 11.4. The van der Waals surface area contributed by atoms with Gasteiger partial charge in [-0.15, -0.1) is 0 Å². The highest BCUT2D eigenvalue weighted by Gasteiger charge is 2.20. The van der Waals surface area contributed by atoms with Gasteiger partial charge in [0.2, 0.25) is 0 Å². The Balaban J connectivity index is 2.46. The number of sulfonamides is 1. The molecule has 4 nitrogen and oxygen atoms in total. The number of benzene rings is 2. The van der Waals surface area contributed by atoms with Crippen molar-refractivity contribution >= 4 is 21.4 Å². The lowest BCUT2D eigenvalue weighted by molar-refractivity contribution is 0.597. The molecular formula is C15H17FN2O2S. The fourth-order valence-electron chi connectivity index (χ4n) is 2.23. The summed E-state index contributed by atoms with van der Waals surface area (Å²) in [4.78, 5) is 0.0862. The summed E-state index contributed by atoms with van der Waals surface area (Å²) in [5.41, 5.74) is 8.24. The molecule has 6 heteroatoms. The molecular weight excluding hydrogens is 291 g/mol. The van der Waals surface area contributed by atoms with Crippen molar-refractivity contribution in [1.82, 2.24) is 0 Å². The third-order valence-electron chi connectivity index (χ3n) is 3.23. The van der Waals surface area contributed by atoms with Gasteiger partial charge < -0.3 is 5.73 Å². The van der Waals surface area contributed by atoms with Crippen molar-refractivity contribution in [3.8, 4) is 0 Å². The van der Waals surface area contributed by atoms with E-state index in [1.807, 2.05) is 6.92 Å². The van der Waals surface area contributed by atoms with E-state index in [4.69, 9.17) is 5.73 Å². The van der Waals surface area contributed by atoms with Crippen LogP contribution >= 0.6 is 0 Å². The highest BCUT2D eigenvalue weighted by atomic mass is 32.2. The van der Waals surface area contributed by atoms with E-state index in [0.717, 1.165) is 5.56 Å². The zero-order valence-electron chi connectivity index (χ0n) is 12.1. The highest BCUT2D eigenvalue weighted by Crippen LogP contribution is 2.25. The van der Waals surface area contributed by atoms with Gasteiger partial charge >= 0.3 is 0 Å². The zero-order chi connectivity index (χ0) is 15.8. The van der Waals surface area contributed by atoms with Crippen molar-refractivity contribution in [3.63, 3.8) is 0 Å². The fraction of sp³-hybridized carbons (Fsp3) is 0.200. The molecule has 21 heavy (non-hydrogen) atoms. The maximum absolute atomic E-state index is 13.3. The van der Waals surface area contributed by atoms with Gasteiger partial charge in [-0.05, 0) is 61.7 Å². The average Bonchev–Trinajstić information content (AvgIpc) is 2.31. The number of aryl methyl sites for hydroxylation is 3. The molecule has 0 fully saturated rings. The van der Waals surface area contributed by atoms with Gasteiger partial charge in [-0.1, -0.05) is 6.07 Å². The molecule has 0 unspecified atom stereocenters. The lowest BCUT2D eigenvalue weighted by Gasteiger charge is -2.14. The van der Waals surface area contributed by atoms with Crippen LogP contribution in [0.25, 0.3) is 0 Å². The zero-order valence-corrected chi connectivity index (χ0v) is 12.9. The van der Waals surface area contributed by atoms with Crippen LogP contribution in [0.5, 0.6) is 0 Å². The van der Waals surface area contributed by atoms with Gasteiger partial charge in [0, 0.05) is 5.69 Å². The molecule has 0 amide bonds. The number of anilines is 2. The highest BCUT2D eigenvalue weighted by molar-refractivity contribution is 7.92. The van der Waals surface area contributed by atoms with E-state index in [2.05, 4.69) is 4.72 Å². The third-order valence-corrected chi connectivity index (χ3v) is 4.91. The fourth-order valence-corrected chi connectivity index (χ4v) is 3.74. The van der Waals surface area contributed by atoms with Gasteiger partial charge in [0.25, 0.3) is 10.0 Å². The van der Waals surface area contributed by atoms with Crippen LogP contribution in [0.4, 0.5) is 15.8 Å². The van der Waals surface area contributed by atoms with E-state index in [1.165, 1.54) is 12.1 Å².